The molecular weight excluding hydrogens is 336 g/mol. The predicted molar refractivity (Wildman–Crippen MR) is 106 cm³/mol. The van der Waals surface area contributed by atoms with Gasteiger partial charge in [-0.15, -0.1) is 0 Å². The van der Waals surface area contributed by atoms with Crippen LogP contribution in [-0.4, -0.2) is 24.4 Å². The molecule has 1 aromatic rings. The molecule has 6 rings (SSSR count). The zero-order chi connectivity index (χ0) is 18.6. The van der Waals surface area contributed by atoms with E-state index in [4.69, 9.17) is 0 Å². The van der Waals surface area contributed by atoms with Crippen LogP contribution in [0.15, 0.2) is 24.3 Å². The monoisotopic (exact) mass is 366 g/mol. The Bertz CT molecular complexity index is 736. The summed E-state index contributed by atoms with van der Waals surface area (Å²) in [5, 5.41) is 3.35. The number of hydrogen-bond acceptors (Lipinski definition) is 2. The van der Waals surface area contributed by atoms with E-state index in [1.54, 1.807) is 4.90 Å². The van der Waals surface area contributed by atoms with Crippen LogP contribution in [0.25, 0.3) is 0 Å². The maximum atomic E-state index is 13.2. The van der Waals surface area contributed by atoms with Gasteiger partial charge in [-0.1, -0.05) is 12.1 Å². The van der Waals surface area contributed by atoms with Gasteiger partial charge in [0.2, 0.25) is 5.91 Å². The van der Waals surface area contributed by atoms with E-state index in [1.165, 1.54) is 38.5 Å². The summed E-state index contributed by atoms with van der Waals surface area (Å²) in [4.78, 5) is 27.2. The number of carbonyl (C=O) groups excluding carboxylic acids is 2. The summed E-state index contributed by atoms with van der Waals surface area (Å²) in [6.07, 6.45) is 9.56. The third kappa shape index (κ3) is 2.88. The third-order valence-corrected chi connectivity index (χ3v) is 7.86. The van der Waals surface area contributed by atoms with Gasteiger partial charge in [-0.25, -0.2) is 0 Å². The molecule has 1 aromatic carbocycles. The topological polar surface area (TPSA) is 49.4 Å². The van der Waals surface area contributed by atoms with Crippen LogP contribution in [-0.2, 0) is 4.79 Å². The summed E-state index contributed by atoms with van der Waals surface area (Å²) in [5.74, 6) is 2.75. The highest BCUT2D eigenvalue weighted by Crippen LogP contribution is 2.61. The lowest BCUT2D eigenvalue weighted by atomic mass is 9.48. The summed E-state index contributed by atoms with van der Waals surface area (Å²) in [7, 11) is 0. The van der Waals surface area contributed by atoms with Crippen LogP contribution in [0, 0.1) is 23.2 Å². The second-order valence-electron chi connectivity index (χ2n) is 9.64. The fourth-order valence-corrected chi connectivity index (χ4v) is 6.94. The van der Waals surface area contributed by atoms with Crippen molar-refractivity contribution in [3.05, 3.63) is 29.8 Å². The molecule has 4 aliphatic carbocycles. The molecule has 1 aliphatic heterocycles. The van der Waals surface area contributed by atoms with E-state index >= 15 is 0 Å². The molecular formula is C23H30N2O2. The van der Waals surface area contributed by atoms with Gasteiger partial charge in [-0.05, 0) is 87.2 Å². The minimum absolute atomic E-state index is 0.0199. The van der Waals surface area contributed by atoms with Gasteiger partial charge in [0, 0.05) is 19.0 Å². The summed E-state index contributed by atoms with van der Waals surface area (Å²) in [6, 6.07) is 7.78. The Hall–Kier alpha value is -1.84. The van der Waals surface area contributed by atoms with Crippen LogP contribution in [0.4, 0.5) is 5.69 Å². The van der Waals surface area contributed by atoms with Crippen LogP contribution in [0.1, 0.15) is 68.6 Å². The first-order chi connectivity index (χ1) is 13.0. The van der Waals surface area contributed by atoms with Crippen molar-refractivity contribution < 1.29 is 9.59 Å². The van der Waals surface area contributed by atoms with E-state index in [0.29, 0.717) is 23.9 Å². The van der Waals surface area contributed by atoms with E-state index < -0.39 is 0 Å². The first-order valence-electron chi connectivity index (χ1n) is 10.7. The van der Waals surface area contributed by atoms with Gasteiger partial charge in [-0.3, -0.25) is 9.59 Å². The van der Waals surface area contributed by atoms with Crippen molar-refractivity contribution in [2.45, 2.75) is 64.3 Å². The van der Waals surface area contributed by atoms with Crippen molar-refractivity contribution in [1.29, 1.82) is 0 Å². The Kier molecular flexibility index (Phi) is 4.06. The third-order valence-electron chi connectivity index (χ3n) is 7.86. The fraction of sp³-hybridized carbons (Fsp3) is 0.652. The molecule has 0 unspecified atom stereocenters. The normalized spacial score (nSPS) is 35.5. The maximum absolute atomic E-state index is 13.2. The molecule has 1 saturated heterocycles. The quantitative estimate of drug-likeness (QED) is 0.870. The molecule has 0 spiro atoms. The highest BCUT2D eigenvalue weighted by molar-refractivity contribution is 6.05. The largest absolute Gasteiger partial charge is 0.349 e. The van der Waals surface area contributed by atoms with Gasteiger partial charge in [0.1, 0.15) is 0 Å². The number of nitrogens with zero attached hydrogens (tertiary/aromatic N) is 1. The molecule has 1 N–H and O–H groups in total. The predicted octanol–water partition coefficient (Wildman–Crippen LogP) is 4.15. The number of rotatable bonds is 4. The number of amides is 2. The Morgan fingerprint density at radius 3 is 2.33 bits per heavy atom. The molecule has 5 aliphatic rings. The number of hydrogen-bond donors (Lipinski definition) is 1. The average molecular weight is 367 g/mol. The Labute approximate surface area is 161 Å². The van der Waals surface area contributed by atoms with Gasteiger partial charge < -0.3 is 10.2 Å². The van der Waals surface area contributed by atoms with E-state index in [0.717, 1.165) is 29.9 Å². The zero-order valence-electron chi connectivity index (χ0n) is 16.2. The second kappa shape index (κ2) is 6.35. The number of para-hydroxylation sites is 1. The molecule has 5 fully saturated rings. The van der Waals surface area contributed by atoms with Crippen molar-refractivity contribution in [1.82, 2.24) is 5.32 Å². The standard InChI is InChI=1S/C23H30N2O2/c1-15(23-12-16-9-17(13-23)11-18(10-16)14-23)24-22(27)19-5-2-3-6-20(19)25-8-4-7-21(25)26/h2-3,5-6,15-18H,4,7-14H2,1H3,(H,24,27)/t15-,16?,17?,18?,23?/m0/s1. The molecule has 0 radical (unpaired) electrons. The SMILES string of the molecule is C[C@H](NC(=O)c1ccccc1N1CCCC1=O)C12CC3CC(CC(C3)C1)C2. The first-order valence-corrected chi connectivity index (χ1v) is 10.7. The van der Waals surface area contributed by atoms with Gasteiger partial charge in [0.15, 0.2) is 0 Å². The molecule has 27 heavy (non-hydrogen) atoms. The zero-order valence-corrected chi connectivity index (χ0v) is 16.2. The summed E-state index contributed by atoms with van der Waals surface area (Å²) >= 11 is 0. The lowest BCUT2D eigenvalue weighted by Gasteiger charge is -2.59. The second-order valence-corrected chi connectivity index (χ2v) is 9.64. The van der Waals surface area contributed by atoms with Gasteiger partial charge in [0.05, 0.1) is 11.3 Å². The molecule has 4 saturated carbocycles. The van der Waals surface area contributed by atoms with Gasteiger partial charge in [0.25, 0.3) is 5.91 Å². The highest BCUT2D eigenvalue weighted by Gasteiger charge is 2.53. The molecule has 4 bridgehead atoms. The first kappa shape index (κ1) is 17.3. The molecule has 2 amide bonds. The van der Waals surface area contributed by atoms with E-state index in [-0.39, 0.29) is 17.9 Å². The Morgan fingerprint density at radius 2 is 1.74 bits per heavy atom. The van der Waals surface area contributed by atoms with Crippen LogP contribution >= 0.6 is 0 Å². The fourth-order valence-electron chi connectivity index (χ4n) is 6.94. The van der Waals surface area contributed by atoms with Crippen LogP contribution in [0.5, 0.6) is 0 Å². The lowest BCUT2D eigenvalue weighted by molar-refractivity contribution is -0.117. The molecule has 1 heterocycles. The van der Waals surface area contributed by atoms with E-state index in [9.17, 15) is 9.59 Å². The van der Waals surface area contributed by atoms with E-state index in [1.807, 2.05) is 24.3 Å². The van der Waals surface area contributed by atoms with Crippen molar-refractivity contribution in [2.75, 3.05) is 11.4 Å². The molecule has 0 aromatic heterocycles. The molecule has 4 heteroatoms. The summed E-state index contributed by atoms with van der Waals surface area (Å²) < 4.78 is 0. The summed E-state index contributed by atoms with van der Waals surface area (Å²) in [5.41, 5.74) is 1.71. The smallest absolute Gasteiger partial charge is 0.253 e. The van der Waals surface area contributed by atoms with Gasteiger partial charge >= 0.3 is 0 Å². The Balaban J connectivity index is 1.36. The molecule has 1 atom stereocenters. The van der Waals surface area contributed by atoms with Crippen molar-refractivity contribution in [3.8, 4) is 0 Å². The van der Waals surface area contributed by atoms with Crippen LogP contribution < -0.4 is 10.2 Å². The van der Waals surface area contributed by atoms with Gasteiger partial charge in [-0.2, -0.15) is 0 Å². The van der Waals surface area contributed by atoms with E-state index in [2.05, 4.69) is 12.2 Å². The minimum Gasteiger partial charge on any atom is -0.349 e. The summed E-state index contributed by atoms with van der Waals surface area (Å²) in [6.45, 7) is 2.93. The van der Waals surface area contributed by atoms with Crippen molar-refractivity contribution >= 4 is 17.5 Å². The highest BCUT2D eigenvalue weighted by atomic mass is 16.2. The van der Waals surface area contributed by atoms with Crippen molar-refractivity contribution in [2.24, 2.45) is 23.2 Å². The molecule has 144 valence electrons. The number of carbonyl (C=O) groups is 2. The van der Waals surface area contributed by atoms with Crippen molar-refractivity contribution in [3.63, 3.8) is 0 Å². The maximum Gasteiger partial charge on any atom is 0.253 e. The number of anilines is 1. The van der Waals surface area contributed by atoms with Crippen LogP contribution in [0.3, 0.4) is 0 Å². The molecule has 4 nitrogen and oxygen atoms in total. The lowest BCUT2D eigenvalue weighted by Crippen LogP contribution is -2.55. The number of nitrogens with one attached hydrogen (secondary N) is 1. The minimum atomic E-state index is -0.0199. The van der Waals surface area contributed by atoms with Crippen LogP contribution in [0.2, 0.25) is 0 Å². The average Bonchev–Trinajstić information content (AvgIpc) is 3.06. The Morgan fingerprint density at radius 1 is 1.11 bits per heavy atom. The number of benzene rings is 1.